The van der Waals surface area contributed by atoms with E-state index in [1.807, 2.05) is 54.6 Å². The number of halogens is 1. The van der Waals surface area contributed by atoms with E-state index in [0.29, 0.717) is 17.2 Å². The molecule has 2 aliphatic rings. The third kappa shape index (κ3) is 4.24. The van der Waals surface area contributed by atoms with Crippen molar-refractivity contribution in [3.63, 3.8) is 0 Å². The molecule has 1 fully saturated rings. The van der Waals surface area contributed by atoms with Gasteiger partial charge in [-0.2, -0.15) is 0 Å². The van der Waals surface area contributed by atoms with Gasteiger partial charge >= 0.3 is 0 Å². The minimum Gasteiger partial charge on any atom is -0.496 e. The molecule has 1 spiro atoms. The van der Waals surface area contributed by atoms with E-state index < -0.39 is 11.6 Å². The number of amides is 2. The fourth-order valence-corrected chi connectivity index (χ4v) is 5.04. The number of rotatable bonds is 6. The molecule has 1 atom stereocenters. The molecule has 0 saturated carbocycles. The summed E-state index contributed by atoms with van der Waals surface area (Å²) < 4.78 is 18.5. The van der Waals surface area contributed by atoms with Gasteiger partial charge in [0.2, 0.25) is 5.91 Å². The fraction of sp³-hybridized carbons (Fsp3) is 0.308. The van der Waals surface area contributed by atoms with Crippen LogP contribution in [0.1, 0.15) is 5.56 Å². The summed E-state index contributed by atoms with van der Waals surface area (Å²) in [6.07, 6.45) is 0. The number of carbonyl (C=O) groups is 2. The van der Waals surface area contributed by atoms with Gasteiger partial charge in [0.05, 0.1) is 39.1 Å². The summed E-state index contributed by atoms with van der Waals surface area (Å²) >= 11 is 3.53. The summed E-state index contributed by atoms with van der Waals surface area (Å²) in [4.78, 5) is 28.4. The molecule has 182 valence electrons. The van der Waals surface area contributed by atoms with Crippen LogP contribution in [-0.2, 0) is 20.9 Å². The second-order valence-corrected chi connectivity index (χ2v) is 9.61. The van der Waals surface area contributed by atoms with Crippen molar-refractivity contribution >= 4 is 44.2 Å². The maximum absolute atomic E-state index is 14.2. The summed E-state index contributed by atoms with van der Waals surface area (Å²) in [7, 11) is 3.30. The highest BCUT2D eigenvalue weighted by atomic mass is 79.9. The summed E-state index contributed by atoms with van der Waals surface area (Å²) in [5.41, 5.74) is 0.519. The Morgan fingerprint density at radius 2 is 2.00 bits per heavy atom. The minimum atomic E-state index is -0.973. The second-order valence-electron chi connectivity index (χ2n) is 8.69. The van der Waals surface area contributed by atoms with E-state index in [4.69, 9.17) is 14.2 Å². The van der Waals surface area contributed by atoms with Crippen molar-refractivity contribution in [3.8, 4) is 11.5 Å². The molecule has 2 heterocycles. The molecule has 3 aromatic rings. The van der Waals surface area contributed by atoms with Crippen LogP contribution in [0.25, 0.3) is 10.8 Å². The zero-order valence-corrected chi connectivity index (χ0v) is 21.1. The largest absolute Gasteiger partial charge is 0.496 e. The quantitative estimate of drug-likeness (QED) is 0.500. The van der Waals surface area contributed by atoms with E-state index in [1.54, 1.807) is 19.1 Å². The Morgan fingerprint density at radius 3 is 2.71 bits per heavy atom. The van der Waals surface area contributed by atoms with Crippen LogP contribution in [0.3, 0.4) is 0 Å². The zero-order chi connectivity index (χ0) is 24.6. The van der Waals surface area contributed by atoms with Crippen molar-refractivity contribution in [1.29, 1.82) is 0 Å². The van der Waals surface area contributed by atoms with E-state index in [0.717, 1.165) is 20.8 Å². The molecule has 2 aliphatic heterocycles. The van der Waals surface area contributed by atoms with Gasteiger partial charge < -0.3 is 29.7 Å². The van der Waals surface area contributed by atoms with Crippen LogP contribution in [0.15, 0.2) is 59.1 Å². The summed E-state index contributed by atoms with van der Waals surface area (Å²) in [5.74, 6) is 0.683. The second kappa shape index (κ2) is 9.49. The average Bonchev–Trinajstić information content (AvgIpc) is 2.93. The number of ether oxygens (including phenoxy) is 3. The van der Waals surface area contributed by atoms with Gasteiger partial charge in [0.25, 0.3) is 5.91 Å². The van der Waals surface area contributed by atoms with Gasteiger partial charge in [-0.25, -0.2) is 0 Å². The normalized spacial score (nSPS) is 18.4. The molecule has 35 heavy (non-hydrogen) atoms. The Hall–Kier alpha value is -3.14. The lowest BCUT2D eigenvalue weighted by molar-refractivity contribution is -0.181. The number of carbonyl (C=O) groups excluding carboxylic acids is 2. The molecular weight excluding hydrogens is 514 g/mol. The first kappa shape index (κ1) is 23.6. The van der Waals surface area contributed by atoms with Crippen molar-refractivity contribution in [2.24, 2.45) is 0 Å². The number of anilines is 1. The van der Waals surface area contributed by atoms with Crippen LogP contribution in [0.5, 0.6) is 11.5 Å². The fourth-order valence-electron chi connectivity index (χ4n) is 4.66. The first-order chi connectivity index (χ1) is 17.0. The van der Waals surface area contributed by atoms with Crippen molar-refractivity contribution in [3.05, 3.63) is 64.6 Å². The van der Waals surface area contributed by atoms with Gasteiger partial charge in [0, 0.05) is 10.0 Å². The monoisotopic (exact) mass is 539 g/mol. The lowest BCUT2D eigenvalue weighted by atomic mass is 9.90. The van der Waals surface area contributed by atoms with Crippen molar-refractivity contribution in [2.75, 3.05) is 38.8 Å². The van der Waals surface area contributed by atoms with Crippen molar-refractivity contribution < 1.29 is 23.8 Å². The molecular formula is C26H26BrN3O5. The average molecular weight is 540 g/mol. The van der Waals surface area contributed by atoms with Crippen LogP contribution in [0.4, 0.5) is 5.69 Å². The number of hydrogen-bond donors (Lipinski definition) is 2. The van der Waals surface area contributed by atoms with Gasteiger partial charge in [-0.3, -0.25) is 9.59 Å². The highest BCUT2D eigenvalue weighted by Crippen LogP contribution is 2.41. The molecule has 2 amide bonds. The van der Waals surface area contributed by atoms with Gasteiger partial charge in [0.15, 0.2) is 11.6 Å². The van der Waals surface area contributed by atoms with Crippen molar-refractivity contribution in [2.45, 2.75) is 18.2 Å². The number of fused-ring (bicyclic) bond motifs is 2. The number of benzene rings is 3. The lowest BCUT2D eigenvalue weighted by Crippen LogP contribution is -2.71. The molecule has 0 bridgehead atoms. The van der Waals surface area contributed by atoms with E-state index in [1.165, 1.54) is 0 Å². The highest BCUT2D eigenvalue weighted by Gasteiger charge is 2.55. The summed E-state index contributed by atoms with van der Waals surface area (Å²) in [6.45, 7) is 0.727. The minimum absolute atomic E-state index is 0.0830. The van der Waals surface area contributed by atoms with E-state index in [-0.39, 0.29) is 38.1 Å². The number of likely N-dealkylation sites (N-methyl/N-ethyl adjacent to an activating group) is 1. The van der Waals surface area contributed by atoms with Crippen LogP contribution < -0.4 is 25.0 Å². The summed E-state index contributed by atoms with van der Waals surface area (Å²) in [6, 6.07) is 16.4. The molecule has 0 radical (unpaired) electrons. The van der Waals surface area contributed by atoms with Gasteiger partial charge in [-0.05, 0) is 48.2 Å². The topological polar surface area (TPSA) is 89.1 Å². The Balaban J connectivity index is 1.62. The zero-order valence-electron chi connectivity index (χ0n) is 19.5. The maximum Gasteiger partial charge on any atom is 0.254 e. The van der Waals surface area contributed by atoms with E-state index >= 15 is 0 Å². The van der Waals surface area contributed by atoms with Gasteiger partial charge in [-0.15, -0.1) is 0 Å². The Morgan fingerprint density at radius 1 is 1.20 bits per heavy atom. The smallest absolute Gasteiger partial charge is 0.254 e. The number of hydrogen-bond acceptors (Lipinski definition) is 6. The third-order valence-corrected chi connectivity index (χ3v) is 6.92. The van der Waals surface area contributed by atoms with E-state index in [2.05, 4.69) is 26.6 Å². The van der Waals surface area contributed by atoms with Crippen LogP contribution in [-0.4, -0.2) is 57.4 Å². The van der Waals surface area contributed by atoms with Crippen molar-refractivity contribution in [1.82, 2.24) is 10.6 Å². The maximum atomic E-state index is 14.2. The molecule has 0 aromatic heterocycles. The first-order valence-corrected chi connectivity index (χ1v) is 12.1. The predicted molar refractivity (Wildman–Crippen MR) is 136 cm³/mol. The number of para-hydroxylation sites is 2. The number of methoxy groups -OCH3 is 1. The number of nitrogens with zero attached hydrogens (tertiary/aromatic N) is 1. The predicted octanol–water partition coefficient (Wildman–Crippen LogP) is 3.01. The molecule has 2 N–H and O–H groups in total. The Labute approximate surface area is 211 Å². The highest BCUT2D eigenvalue weighted by molar-refractivity contribution is 9.10. The molecule has 9 heteroatoms. The first-order valence-electron chi connectivity index (χ1n) is 11.3. The summed E-state index contributed by atoms with van der Waals surface area (Å²) in [5, 5.41) is 7.71. The van der Waals surface area contributed by atoms with Gasteiger partial charge in [0.1, 0.15) is 11.5 Å². The van der Waals surface area contributed by atoms with Crippen LogP contribution in [0.2, 0.25) is 0 Å². The van der Waals surface area contributed by atoms with Gasteiger partial charge in [-0.1, -0.05) is 40.2 Å². The van der Waals surface area contributed by atoms with Crippen LogP contribution >= 0.6 is 15.9 Å². The lowest BCUT2D eigenvalue weighted by Gasteiger charge is -2.44. The molecule has 0 unspecified atom stereocenters. The molecule has 3 aromatic carbocycles. The van der Waals surface area contributed by atoms with E-state index in [9.17, 15) is 9.59 Å². The third-order valence-electron chi connectivity index (χ3n) is 6.43. The number of nitrogens with one attached hydrogen (secondary N) is 2. The molecule has 0 aliphatic carbocycles. The molecule has 8 nitrogen and oxygen atoms in total. The Kier molecular flexibility index (Phi) is 6.39. The molecule has 1 saturated heterocycles. The SMILES string of the molecule is CNCC(=O)N[C@@H]1C(=O)N(Cc2c(OC)ccc3cc(Br)ccc23)c2ccccc2OC12COC2. The Bertz CT molecular complexity index is 1290. The molecule has 5 rings (SSSR count). The standard InChI is InChI=1S/C26H26BrN3O5/c1-28-12-23(31)29-24-25(32)30(20-5-3-4-6-22(20)35-26(24)14-34-15-26)13-19-18-9-8-17(27)11-16(18)7-10-21(19)33-2/h3-11,24,28H,12-15H2,1-2H3,(H,29,31)/t24-/m1/s1. The van der Waals surface area contributed by atoms with Crippen LogP contribution in [0, 0.1) is 0 Å².